The summed E-state index contributed by atoms with van der Waals surface area (Å²) in [5.74, 6) is 0.871. The standard InChI is InChI=1S/C20H19ClN2O2/c1-25-15-5-2-4-13(10-15)18-8-9-23(18)12-14-11-19(24)16-6-3-7-17(21)20(16)22-14/h2-7,10-11,18H,8-9,12H2,1H3,(H,22,24)/t18-/m0/s1. The summed E-state index contributed by atoms with van der Waals surface area (Å²) < 4.78 is 5.32. The van der Waals surface area contributed by atoms with Gasteiger partial charge in [-0.3, -0.25) is 9.69 Å². The number of fused-ring (bicyclic) bond motifs is 1. The van der Waals surface area contributed by atoms with E-state index in [1.807, 2.05) is 12.1 Å². The van der Waals surface area contributed by atoms with Crippen LogP contribution in [0.2, 0.25) is 5.02 Å². The maximum Gasteiger partial charge on any atom is 0.189 e. The summed E-state index contributed by atoms with van der Waals surface area (Å²) in [5, 5.41) is 1.20. The van der Waals surface area contributed by atoms with Gasteiger partial charge in [0.25, 0.3) is 0 Å². The summed E-state index contributed by atoms with van der Waals surface area (Å²) in [6.07, 6.45) is 1.10. The number of hydrogen-bond acceptors (Lipinski definition) is 3. The summed E-state index contributed by atoms with van der Waals surface area (Å²) >= 11 is 6.25. The topological polar surface area (TPSA) is 45.3 Å². The second-order valence-corrected chi connectivity index (χ2v) is 6.78. The summed E-state index contributed by atoms with van der Waals surface area (Å²) in [7, 11) is 1.68. The third kappa shape index (κ3) is 3.03. The van der Waals surface area contributed by atoms with Crippen LogP contribution in [0, 0.1) is 0 Å². The first-order valence-electron chi connectivity index (χ1n) is 8.34. The minimum Gasteiger partial charge on any atom is -0.497 e. The number of para-hydroxylation sites is 1. The molecular weight excluding hydrogens is 336 g/mol. The molecule has 128 valence electrons. The Labute approximate surface area is 151 Å². The van der Waals surface area contributed by atoms with Crippen LogP contribution in [0.3, 0.4) is 0 Å². The number of aromatic nitrogens is 1. The molecule has 0 saturated carbocycles. The molecule has 0 amide bonds. The molecule has 4 nitrogen and oxygen atoms in total. The quantitative estimate of drug-likeness (QED) is 0.766. The number of rotatable bonds is 4. The molecule has 3 aromatic rings. The summed E-state index contributed by atoms with van der Waals surface area (Å²) in [5.41, 5.74) is 2.85. The fourth-order valence-corrected chi connectivity index (χ4v) is 3.67. The number of methoxy groups -OCH3 is 1. The van der Waals surface area contributed by atoms with Gasteiger partial charge in [0.15, 0.2) is 5.43 Å². The fourth-order valence-electron chi connectivity index (χ4n) is 3.45. The molecule has 0 spiro atoms. The molecule has 0 radical (unpaired) electrons. The highest BCUT2D eigenvalue weighted by Crippen LogP contribution is 2.35. The van der Waals surface area contributed by atoms with Crippen molar-refractivity contribution in [1.29, 1.82) is 0 Å². The van der Waals surface area contributed by atoms with Crippen molar-refractivity contribution in [2.24, 2.45) is 0 Å². The van der Waals surface area contributed by atoms with Gasteiger partial charge in [-0.05, 0) is 36.2 Å². The third-order valence-corrected chi connectivity index (χ3v) is 5.17. The van der Waals surface area contributed by atoms with E-state index in [0.29, 0.717) is 28.5 Å². The van der Waals surface area contributed by atoms with Crippen LogP contribution in [-0.2, 0) is 6.54 Å². The summed E-state index contributed by atoms with van der Waals surface area (Å²) in [6.45, 7) is 1.70. The van der Waals surface area contributed by atoms with Gasteiger partial charge in [-0.2, -0.15) is 0 Å². The zero-order valence-electron chi connectivity index (χ0n) is 14.0. The fraction of sp³-hybridized carbons (Fsp3) is 0.250. The largest absolute Gasteiger partial charge is 0.497 e. The van der Waals surface area contributed by atoms with Gasteiger partial charge in [0, 0.05) is 36.3 Å². The Balaban J connectivity index is 1.61. The molecule has 4 rings (SSSR count). The van der Waals surface area contributed by atoms with Crippen molar-refractivity contribution >= 4 is 22.5 Å². The molecule has 2 aromatic carbocycles. The van der Waals surface area contributed by atoms with Gasteiger partial charge in [0.1, 0.15) is 5.75 Å². The van der Waals surface area contributed by atoms with Gasteiger partial charge < -0.3 is 9.72 Å². The Bertz CT molecular complexity index is 983. The van der Waals surface area contributed by atoms with Crippen molar-refractivity contribution in [3.05, 3.63) is 75.0 Å². The SMILES string of the molecule is COc1cccc([C@@H]2CCN2Cc2cc(=O)c3cccc(Cl)c3[nH]2)c1. The molecule has 1 aliphatic rings. The number of nitrogens with one attached hydrogen (secondary N) is 1. The lowest BCUT2D eigenvalue weighted by Gasteiger charge is -2.41. The molecule has 0 bridgehead atoms. The zero-order valence-corrected chi connectivity index (χ0v) is 14.7. The van der Waals surface area contributed by atoms with Crippen molar-refractivity contribution < 1.29 is 4.74 Å². The number of nitrogens with zero attached hydrogens (tertiary/aromatic N) is 1. The van der Waals surface area contributed by atoms with Crippen molar-refractivity contribution in [3.63, 3.8) is 0 Å². The minimum absolute atomic E-state index is 0.00436. The molecule has 1 atom stereocenters. The van der Waals surface area contributed by atoms with Crippen LogP contribution in [0.1, 0.15) is 23.7 Å². The molecule has 25 heavy (non-hydrogen) atoms. The molecule has 1 aliphatic heterocycles. The van der Waals surface area contributed by atoms with Crippen LogP contribution in [0.4, 0.5) is 0 Å². The zero-order chi connectivity index (χ0) is 17.4. The van der Waals surface area contributed by atoms with Crippen LogP contribution < -0.4 is 10.2 Å². The van der Waals surface area contributed by atoms with Gasteiger partial charge in [-0.25, -0.2) is 0 Å². The van der Waals surface area contributed by atoms with Crippen LogP contribution in [0.15, 0.2) is 53.3 Å². The molecule has 1 fully saturated rings. The predicted molar refractivity (Wildman–Crippen MR) is 100 cm³/mol. The monoisotopic (exact) mass is 354 g/mol. The number of ether oxygens (including phenoxy) is 1. The Hall–Kier alpha value is -2.30. The average molecular weight is 355 g/mol. The number of hydrogen-bond donors (Lipinski definition) is 1. The highest BCUT2D eigenvalue weighted by atomic mass is 35.5. The molecule has 5 heteroatoms. The minimum atomic E-state index is 0.00436. The lowest BCUT2D eigenvalue weighted by atomic mass is 9.94. The van der Waals surface area contributed by atoms with Crippen molar-refractivity contribution in [1.82, 2.24) is 9.88 Å². The average Bonchev–Trinajstić information content (AvgIpc) is 2.60. The van der Waals surface area contributed by atoms with E-state index in [1.165, 1.54) is 5.56 Å². The lowest BCUT2D eigenvalue weighted by molar-refractivity contribution is 0.0803. The van der Waals surface area contributed by atoms with Gasteiger partial charge in [0.2, 0.25) is 0 Å². The number of aromatic amines is 1. The summed E-state index contributed by atoms with van der Waals surface area (Å²) in [4.78, 5) is 18.0. The van der Waals surface area contributed by atoms with E-state index in [2.05, 4.69) is 22.0 Å². The number of likely N-dealkylation sites (tertiary alicyclic amines) is 1. The molecule has 1 aromatic heterocycles. The number of halogens is 1. The predicted octanol–water partition coefficient (Wildman–Crippen LogP) is 4.14. The van der Waals surface area contributed by atoms with E-state index in [1.54, 1.807) is 31.4 Å². The van der Waals surface area contributed by atoms with E-state index in [0.717, 1.165) is 24.4 Å². The Morgan fingerprint density at radius 3 is 2.84 bits per heavy atom. The Morgan fingerprint density at radius 1 is 1.24 bits per heavy atom. The van der Waals surface area contributed by atoms with E-state index in [-0.39, 0.29) is 5.43 Å². The molecule has 2 heterocycles. The maximum absolute atomic E-state index is 12.4. The van der Waals surface area contributed by atoms with Crippen LogP contribution >= 0.6 is 11.6 Å². The van der Waals surface area contributed by atoms with Gasteiger partial charge in [-0.1, -0.05) is 29.8 Å². The van der Waals surface area contributed by atoms with Gasteiger partial charge in [0.05, 0.1) is 17.6 Å². The maximum atomic E-state index is 12.4. The second-order valence-electron chi connectivity index (χ2n) is 6.37. The van der Waals surface area contributed by atoms with Crippen LogP contribution in [0.25, 0.3) is 10.9 Å². The molecule has 1 saturated heterocycles. The van der Waals surface area contributed by atoms with Crippen LogP contribution in [-0.4, -0.2) is 23.5 Å². The first kappa shape index (κ1) is 16.2. The van der Waals surface area contributed by atoms with Gasteiger partial charge >= 0.3 is 0 Å². The Morgan fingerprint density at radius 2 is 2.08 bits per heavy atom. The van der Waals surface area contributed by atoms with Crippen molar-refractivity contribution in [3.8, 4) is 5.75 Å². The summed E-state index contributed by atoms with van der Waals surface area (Å²) in [6, 6.07) is 15.6. The smallest absolute Gasteiger partial charge is 0.189 e. The molecule has 0 unspecified atom stereocenters. The highest BCUT2D eigenvalue weighted by molar-refractivity contribution is 6.35. The van der Waals surface area contributed by atoms with E-state index >= 15 is 0 Å². The number of benzene rings is 2. The van der Waals surface area contributed by atoms with E-state index < -0.39 is 0 Å². The highest BCUT2D eigenvalue weighted by Gasteiger charge is 2.29. The molecule has 1 N–H and O–H groups in total. The van der Waals surface area contributed by atoms with E-state index in [4.69, 9.17) is 16.3 Å². The normalized spacial score (nSPS) is 17.4. The first-order valence-corrected chi connectivity index (χ1v) is 8.72. The van der Waals surface area contributed by atoms with Crippen molar-refractivity contribution in [2.75, 3.05) is 13.7 Å². The number of pyridine rings is 1. The Kier molecular flexibility index (Phi) is 4.24. The lowest BCUT2D eigenvalue weighted by Crippen LogP contribution is -2.40. The van der Waals surface area contributed by atoms with Crippen LogP contribution in [0.5, 0.6) is 5.75 Å². The molecule has 0 aliphatic carbocycles. The first-order chi connectivity index (χ1) is 12.2. The third-order valence-electron chi connectivity index (χ3n) is 4.85. The molecular formula is C20H19ClN2O2. The van der Waals surface area contributed by atoms with E-state index in [9.17, 15) is 4.79 Å². The second kappa shape index (κ2) is 6.54. The number of H-pyrrole nitrogens is 1. The van der Waals surface area contributed by atoms with Crippen molar-refractivity contribution in [2.45, 2.75) is 19.0 Å². The van der Waals surface area contributed by atoms with Gasteiger partial charge in [-0.15, -0.1) is 0 Å².